The van der Waals surface area contributed by atoms with Gasteiger partial charge in [-0.2, -0.15) is 0 Å². The van der Waals surface area contributed by atoms with Crippen molar-refractivity contribution in [2.75, 3.05) is 5.32 Å². The predicted octanol–water partition coefficient (Wildman–Crippen LogP) is 2.65. The minimum atomic E-state index is -0.853. The van der Waals surface area contributed by atoms with E-state index >= 15 is 0 Å². The summed E-state index contributed by atoms with van der Waals surface area (Å²) >= 11 is 0. The number of nitrogens with one attached hydrogen (secondary N) is 2. The Hall–Kier alpha value is -2.18. The molecule has 0 aliphatic carbocycles. The number of rotatable bonds is 2. The molecule has 1 rings (SSSR count). The summed E-state index contributed by atoms with van der Waals surface area (Å²) in [6.07, 6.45) is 0. The van der Waals surface area contributed by atoms with E-state index in [0.29, 0.717) is 0 Å². The van der Waals surface area contributed by atoms with Crippen molar-refractivity contribution in [2.24, 2.45) is 0 Å². The van der Waals surface area contributed by atoms with Gasteiger partial charge in [0.25, 0.3) is 5.69 Å². The average molecular weight is 255 g/mol. The van der Waals surface area contributed by atoms with E-state index in [-0.39, 0.29) is 0 Å². The lowest BCUT2D eigenvalue weighted by Gasteiger charge is -2.20. The lowest BCUT2D eigenvalue weighted by atomic mass is 10.1. The minimum Gasteiger partial charge on any atom is -0.333 e. The Morgan fingerprint density at radius 1 is 1.39 bits per heavy atom. The lowest BCUT2D eigenvalue weighted by Crippen LogP contribution is -2.43. The Labute approximate surface area is 103 Å². The summed E-state index contributed by atoms with van der Waals surface area (Å²) in [5, 5.41) is 15.4. The molecular weight excluding hydrogens is 241 g/mol. The minimum absolute atomic E-state index is 0.441. The number of carbonyl (C=O) groups is 1. The molecule has 6 nitrogen and oxygen atoms in total. The number of benzene rings is 1. The van der Waals surface area contributed by atoms with Gasteiger partial charge >= 0.3 is 6.03 Å². The Kier molecular flexibility index (Phi) is 3.85. The van der Waals surface area contributed by atoms with Crippen LogP contribution >= 0.6 is 0 Å². The molecule has 0 saturated heterocycles. The van der Waals surface area contributed by atoms with E-state index in [1.165, 1.54) is 6.07 Å². The SMILES string of the molecule is CC(C)(C)NC(=O)Nc1c(F)cccc1[N+](=O)[O-]. The zero-order valence-electron chi connectivity index (χ0n) is 10.3. The first-order valence-corrected chi connectivity index (χ1v) is 5.23. The maximum absolute atomic E-state index is 13.5. The van der Waals surface area contributed by atoms with E-state index in [1.54, 1.807) is 20.8 Å². The molecule has 0 spiro atoms. The first-order chi connectivity index (χ1) is 8.20. The van der Waals surface area contributed by atoms with Gasteiger partial charge in [-0.3, -0.25) is 15.4 Å². The number of hydrogen-bond acceptors (Lipinski definition) is 3. The van der Waals surface area contributed by atoms with Crippen LogP contribution in [0.15, 0.2) is 18.2 Å². The van der Waals surface area contributed by atoms with Gasteiger partial charge in [0.2, 0.25) is 0 Å². The van der Waals surface area contributed by atoms with Crippen LogP contribution in [0.4, 0.5) is 20.6 Å². The molecule has 0 fully saturated rings. The summed E-state index contributed by atoms with van der Waals surface area (Å²) in [5.41, 5.74) is -1.45. The molecule has 0 bridgehead atoms. The van der Waals surface area contributed by atoms with E-state index < -0.39 is 33.7 Å². The van der Waals surface area contributed by atoms with E-state index in [0.717, 1.165) is 12.1 Å². The highest BCUT2D eigenvalue weighted by Gasteiger charge is 2.21. The third-order valence-corrected chi connectivity index (χ3v) is 1.92. The normalized spacial score (nSPS) is 10.9. The van der Waals surface area contributed by atoms with Crippen LogP contribution in [0.25, 0.3) is 0 Å². The van der Waals surface area contributed by atoms with Crippen LogP contribution in [0.5, 0.6) is 0 Å². The van der Waals surface area contributed by atoms with Crippen LogP contribution in [-0.4, -0.2) is 16.5 Å². The Bertz CT molecular complexity index is 483. The number of nitro groups is 1. The van der Waals surface area contributed by atoms with Gasteiger partial charge in [-0.05, 0) is 26.8 Å². The molecule has 0 radical (unpaired) electrons. The summed E-state index contributed by atoms with van der Waals surface area (Å²) in [6.45, 7) is 5.22. The van der Waals surface area contributed by atoms with Gasteiger partial charge in [0.15, 0.2) is 11.5 Å². The van der Waals surface area contributed by atoms with Crippen molar-refractivity contribution in [3.8, 4) is 0 Å². The summed E-state index contributed by atoms with van der Waals surface area (Å²) < 4.78 is 13.5. The Balaban J connectivity index is 2.97. The number of nitro benzene ring substituents is 1. The van der Waals surface area contributed by atoms with Crippen molar-refractivity contribution in [1.82, 2.24) is 5.32 Å². The van der Waals surface area contributed by atoms with Crippen LogP contribution in [-0.2, 0) is 0 Å². The maximum atomic E-state index is 13.5. The van der Waals surface area contributed by atoms with Crippen LogP contribution in [0.2, 0.25) is 0 Å². The number of urea groups is 1. The molecule has 1 aromatic rings. The number of halogens is 1. The summed E-state index contributed by atoms with van der Waals surface area (Å²) in [4.78, 5) is 21.5. The quantitative estimate of drug-likeness (QED) is 0.629. The number of amides is 2. The highest BCUT2D eigenvalue weighted by atomic mass is 19.1. The highest BCUT2D eigenvalue weighted by Crippen LogP contribution is 2.26. The summed E-state index contributed by atoms with van der Waals surface area (Å²) in [5.74, 6) is -0.853. The molecule has 18 heavy (non-hydrogen) atoms. The average Bonchev–Trinajstić information content (AvgIpc) is 2.17. The van der Waals surface area contributed by atoms with Crippen molar-refractivity contribution in [3.05, 3.63) is 34.1 Å². The first-order valence-electron chi connectivity index (χ1n) is 5.23. The van der Waals surface area contributed by atoms with Crippen LogP contribution in [0.3, 0.4) is 0 Å². The highest BCUT2D eigenvalue weighted by molar-refractivity contribution is 5.92. The lowest BCUT2D eigenvalue weighted by molar-refractivity contribution is -0.384. The summed E-state index contributed by atoms with van der Waals surface area (Å²) in [6, 6.07) is 2.67. The third kappa shape index (κ3) is 3.69. The van der Waals surface area contributed by atoms with Crippen molar-refractivity contribution >= 4 is 17.4 Å². The monoisotopic (exact) mass is 255 g/mol. The number of carbonyl (C=O) groups excluding carboxylic acids is 1. The smallest absolute Gasteiger partial charge is 0.319 e. The van der Waals surface area contributed by atoms with E-state index in [1.807, 2.05) is 0 Å². The molecule has 2 amide bonds. The van der Waals surface area contributed by atoms with Gasteiger partial charge in [0, 0.05) is 11.6 Å². The van der Waals surface area contributed by atoms with Gasteiger partial charge in [-0.25, -0.2) is 9.18 Å². The van der Waals surface area contributed by atoms with Crippen molar-refractivity contribution in [1.29, 1.82) is 0 Å². The molecule has 98 valence electrons. The standard InChI is InChI=1S/C11H14FN3O3/c1-11(2,3)14-10(16)13-9-7(12)5-4-6-8(9)15(17)18/h4-6H,1-3H3,(H2,13,14,16). The molecule has 0 aromatic heterocycles. The molecule has 0 aliphatic rings. The molecule has 0 saturated carbocycles. The Morgan fingerprint density at radius 2 is 2.00 bits per heavy atom. The molecule has 0 unspecified atom stereocenters. The topological polar surface area (TPSA) is 84.3 Å². The van der Waals surface area contributed by atoms with Crippen LogP contribution < -0.4 is 10.6 Å². The number of hydrogen-bond donors (Lipinski definition) is 2. The fourth-order valence-corrected chi connectivity index (χ4v) is 1.27. The van der Waals surface area contributed by atoms with E-state index in [2.05, 4.69) is 10.6 Å². The molecule has 2 N–H and O–H groups in total. The van der Waals surface area contributed by atoms with Crippen molar-refractivity contribution in [3.63, 3.8) is 0 Å². The maximum Gasteiger partial charge on any atom is 0.319 e. The number of nitrogens with zero attached hydrogens (tertiary/aromatic N) is 1. The Morgan fingerprint density at radius 3 is 2.50 bits per heavy atom. The molecule has 1 aromatic carbocycles. The second-order valence-corrected chi connectivity index (χ2v) is 4.72. The molecule has 0 heterocycles. The van der Waals surface area contributed by atoms with Gasteiger partial charge in [-0.1, -0.05) is 6.07 Å². The van der Waals surface area contributed by atoms with Gasteiger partial charge in [-0.15, -0.1) is 0 Å². The van der Waals surface area contributed by atoms with Crippen molar-refractivity contribution < 1.29 is 14.1 Å². The van der Waals surface area contributed by atoms with Crippen molar-refractivity contribution in [2.45, 2.75) is 26.3 Å². The third-order valence-electron chi connectivity index (χ3n) is 1.92. The molecule has 0 aliphatic heterocycles. The van der Waals surface area contributed by atoms with Gasteiger partial charge in [0.1, 0.15) is 0 Å². The number of para-hydroxylation sites is 1. The fraction of sp³-hybridized carbons (Fsp3) is 0.364. The van der Waals surface area contributed by atoms with Gasteiger partial charge in [0.05, 0.1) is 4.92 Å². The van der Waals surface area contributed by atoms with E-state index in [9.17, 15) is 19.3 Å². The van der Waals surface area contributed by atoms with E-state index in [4.69, 9.17) is 0 Å². The molecule has 7 heteroatoms. The second kappa shape index (κ2) is 4.99. The zero-order valence-corrected chi connectivity index (χ0v) is 10.3. The fourth-order valence-electron chi connectivity index (χ4n) is 1.27. The predicted molar refractivity (Wildman–Crippen MR) is 65.0 cm³/mol. The largest absolute Gasteiger partial charge is 0.333 e. The molecule has 0 atom stereocenters. The summed E-state index contributed by atoms with van der Waals surface area (Å²) in [7, 11) is 0. The van der Waals surface area contributed by atoms with Crippen LogP contribution in [0.1, 0.15) is 20.8 Å². The molecular formula is C11H14FN3O3. The second-order valence-electron chi connectivity index (χ2n) is 4.72. The van der Waals surface area contributed by atoms with Crippen LogP contribution in [0, 0.1) is 15.9 Å². The first kappa shape index (κ1) is 13.9. The van der Waals surface area contributed by atoms with Gasteiger partial charge < -0.3 is 5.32 Å². The zero-order chi connectivity index (χ0) is 13.9. The number of anilines is 1.